The number of benzene rings is 1. The predicted molar refractivity (Wildman–Crippen MR) is 68.2 cm³/mol. The number of nitrogens with zero attached hydrogens (tertiary/aromatic N) is 1. The van der Waals surface area contributed by atoms with Crippen molar-refractivity contribution in [1.29, 1.82) is 0 Å². The number of para-hydroxylation sites is 1. The first-order valence-corrected chi connectivity index (χ1v) is 5.14. The van der Waals surface area contributed by atoms with Crippen LogP contribution in [0.25, 0.3) is 10.9 Å². The van der Waals surface area contributed by atoms with Crippen LogP contribution in [0.1, 0.15) is 26.7 Å². The molecular formula is C13H18N2OY3-2. The van der Waals surface area contributed by atoms with Crippen LogP contribution in [0.5, 0.6) is 0 Å². The van der Waals surface area contributed by atoms with Crippen molar-refractivity contribution in [3.05, 3.63) is 48.4 Å². The second-order valence-electron chi connectivity index (χ2n) is 3.19. The van der Waals surface area contributed by atoms with Crippen molar-refractivity contribution in [1.82, 2.24) is 9.97 Å². The molecule has 3 radical (unpaired) electrons. The van der Waals surface area contributed by atoms with Crippen LogP contribution in [0.3, 0.4) is 0 Å². The molecule has 1 N–H and O–H groups in total. The number of H-pyrrole nitrogens is 1. The van der Waals surface area contributed by atoms with Gasteiger partial charge in [0.2, 0.25) is 0 Å². The Hall–Kier alpha value is 1.67. The molecule has 0 saturated heterocycles. The number of rotatable bonds is 1. The number of nitrogens with one attached hydrogen (secondary N) is 1. The SMILES string of the molecule is CCCC.O=c1[nH][c-]nc2ccccc12.[CH3-].[Y].[Y].[Y]. The van der Waals surface area contributed by atoms with Crippen LogP contribution in [0, 0.1) is 13.8 Å². The fraction of sp³-hybridized carbons (Fsp3) is 0.308. The zero-order valence-electron chi connectivity index (χ0n) is 11.8. The van der Waals surface area contributed by atoms with Gasteiger partial charge >= 0.3 is 0 Å². The van der Waals surface area contributed by atoms with Gasteiger partial charge in [0.05, 0.1) is 0 Å². The third-order valence-electron chi connectivity index (χ3n) is 1.99. The van der Waals surface area contributed by atoms with Gasteiger partial charge in [0, 0.05) is 104 Å². The summed E-state index contributed by atoms with van der Waals surface area (Å²) in [6.07, 6.45) is 5.06. The van der Waals surface area contributed by atoms with Gasteiger partial charge in [0.25, 0.3) is 0 Å². The minimum absolute atomic E-state index is 0. The van der Waals surface area contributed by atoms with Crippen LogP contribution in [-0.4, -0.2) is 9.97 Å². The number of aromatic nitrogens is 2. The maximum absolute atomic E-state index is 11.1. The van der Waals surface area contributed by atoms with E-state index in [9.17, 15) is 4.79 Å². The normalized spacial score (nSPS) is 7.47. The number of unbranched alkanes of at least 4 members (excludes halogenated alkanes) is 1. The maximum atomic E-state index is 11.1. The fourth-order valence-electron chi connectivity index (χ4n) is 0.969. The summed E-state index contributed by atoms with van der Waals surface area (Å²) in [5.41, 5.74) is 0.534. The molecule has 2 rings (SSSR count). The van der Waals surface area contributed by atoms with Gasteiger partial charge in [0.15, 0.2) is 0 Å². The van der Waals surface area contributed by atoms with E-state index in [0.717, 1.165) is 0 Å². The summed E-state index contributed by atoms with van der Waals surface area (Å²) in [5.74, 6) is 0. The van der Waals surface area contributed by atoms with Crippen molar-refractivity contribution in [3.8, 4) is 0 Å². The molecule has 0 aliphatic carbocycles. The number of aromatic amines is 1. The Kier molecular flexibility index (Phi) is 26.8. The van der Waals surface area contributed by atoms with Gasteiger partial charge in [-0.1, -0.05) is 51.0 Å². The third-order valence-corrected chi connectivity index (χ3v) is 1.99. The summed E-state index contributed by atoms with van der Waals surface area (Å²) in [6, 6.07) is 7.15. The number of hydrogen-bond acceptors (Lipinski definition) is 2. The van der Waals surface area contributed by atoms with Crippen molar-refractivity contribution in [3.63, 3.8) is 0 Å². The van der Waals surface area contributed by atoms with Crippen LogP contribution in [0.15, 0.2) is 29.1 Å². The average molecular weight is 485 g/mol. The third kappa shape index (κ3) is 11.0. The Balaban J connectivity index is -0.000000127. The van der Waals surface area contributed by atoms with E-state index in [1.807, 2.05) is 6.07 Å². The van der Waals surface area contributed by atoms with Gasteiger partial charge in [-0.3, -0.25) is 0 Å². The molecule has 0 spiro atoms. The quantitative estimate of drug-likeness (QED) is 0.633. The predicted octanol–water partition coefficient (Wildman–Crippen LogP) is 2.97. The van der Waals surface area contributed by atoms with Crippen molar-refractivity contribution in [2.75, 3.05) is 0 Å². The van der Waals surface area contributed by atoms with Crippen molar-refractivity contribution in [2.24, 2.45) is 0 Å². The Morgan fingerprint density at radius 1 is 1.11 bits per heavy atom. The summed E-state index contributed by atoms with van der Waals surface area (Å²) in [5, 5.41) is 0.603. The van der Waals surface area contributed by atoms with E-state index >= 15 is 0 Å². The van der Waals surface area contributed by atoms with Crippen LogP contribution in [0.2, 0.25) is 0 Å². The molecule has 97 valence electrons. The van der Waals surface area contributed by atoms with Gasteiger partial charge in [0.1, 0.15) is 5.56 Å². The van der Waals surface area contributed by atoms with Gasteiger partial charge < -0.3 is 22.2 Å². The molecule has 0 atom stereocenters. The van der Waals surface area contributed by atoms with E-state index in [1.165, 1.54) is 12.8 Å². The molecule has 0 unspecified atom stereocenters. The number of hydrogen-bond donors (Lipinski definition) is 1. The zero-order chi connectivity index (χ0) is 11.1. The van der Waals surface area contributed by atoms with Crippen molar-refractivity contribution < 1.29 is 98.1 Å². The molecule has 0 aliphatic heterocycles. The molecule has 1 aromatic heterocycles. The second kappa shape index (κ2) is 17.7. The molecule has 0 bridgehead atoms. The van der Waals surface area contributed by atoms with Gasteiger partial charge in [-0.05, 0) is 10.9 Å². The van der Waals surface area contributed by atoms with E-state index in [0.29, 0.717) is 10.9 Å². The van der Waals surface area contributed by atoms with Gasteiger partial charge in [-0.2, -0.15) is 0 Å². The maximum Gasteiger partial charge on any atom is 0.143 e. The summed E-state index contributed by atoms with van der Waals surface area (Å²) in [4.78, 5) is 17.3. The molecule has 0 aliphatic rings. The summed E-state index contributed by atoms with van der Waals surface area (Å²) < 4.78 is 0. The topological polar surface area (TPSA) is 45.8 Å². The molecular weight excluding hydrogens is 467 g/mol. The van der Waals surface area contributed by atoms with Crippen molar-refractivity contribution >= 4 is 10.9 Å². The monoisotopic (exact) mass is 485 g/mol. The molecule has 1 heterocycles. The van der Waals surface area contributed by atoms with Crippen molar-refractivity contribution in [2.45, 2.75) is 26.7 Å². The first-order valence-electron chi connectivity index (χ1n) is 5.14. The van der Waals surface area contributed by atoms with Crippen LogP contribution in [0.4, 0.5) is 0 Å². The van der Waals surface area contributed by atoms with Crippen LogP contribution >= 0.6 is 0 Å². The number of fused-ring (bicyclic) bond motifs is 1. The van der Waals surface area contributed by atoms with Gasteiger partial charge in [-0.25, -0.2) is 0 Å². The van der Waals surface area contributed by atoms with E-state index < -0.39 is 0 Å². The summed E-state index contributed by atoms with van der Waals surface area (Å²) in [7, 11) is 0. The molecule has 0 fully saturated rings. The summed E-state index contributed by atoms with van der Waals surface area (Å²) in [6.45, 7) is 4.36. The molecule has 6 heteroatoms. The standard InChI is InChI=1S/C8H5N2O.C4H10.CH3.3Y/c11-8-6-3-1-2-4-7(6)9-5-10-8;1-3-4-2;;;;/h1-4H,(H,9,10,11);3-4H2,1-2H3;1H3;;;/q-1;;-1;;;. The largest absolute Gasteiger partial charge is 0.420 e. The second-order valence-corrected chi connectivity index (χ2v) is 3.19. The Morgan fingerprint density at radius 3 is 2.11 bits per heavy atom. The van der Waals surface area contributed by atoms with E-state index in [2.05, 4.69) is 30.1 Å². The minimum Gasteiger partial charge on any atom is -0.420 e. The van der Waals surface area contributed by atoms with Crippen LogP contribution in [-0.2, 0) is 98.1 Å². The average Bonchev–Trinajstić information content (AvgIpc) is 2.30. The fourth-order valence-corrected chi connectivity index (χ4v) is 0.969. The molecule has 0 saturated carbocycles. The molecule has 1 aromatic carbocycles. The van der Waals surface area contributed by atoms with E-state index in [4.69, 9.17) is 0 Å². The van der Waals surface area contributed by atoms with E-state index in [1.54, 1.807) is 18.2 Å². The first kappa shape index (κ1) is 28.8. The molecule has 3 nitrogen and oxygen atoms in total. The summed E-state index contributed by atoms with van der Waals surface area (Å²) >= 11 is 0. The first-order chi connectivity index (χ1) is 7.29. The molecule has 19 heavy (non-hydrogen) atoms. The molecule has 2 aromatic rings. The van der Waals surface area contributed by atoms with E-state index in [-0.39, 0.29) is 111 Å². The van der Waals surface area contributed by atoms with Crippen LogP contribution < -0.4 is 5.56 Å². The molecule has 0 amide bonds. The van der Waals surface area contributed by atoms with Gasteiger partial charge in [-0.15, -0.1) is 0 Å². The zero-order valence-corrected chi connectivity index (χ0v) is 20.3. The Bertz CT molecular complexity index is 467. The minimum atomic E-state index is -0.143. The smallest absolute Gasteiger partial charge is 0.143 e. The Labute approximate surface area is 191 Å². The Morgan fingerprint density at radius 2 is 1.63 bits per heavy atom.